The Morgan fingerprint density at radius 1 is 1.09 bits per heavy atom. The van der Waals surface area contributed by atoms with E-state index in [4.69, 9.17) is 9.15 Å². The third-order valence-corrected chi connectivity index (χ3v) is 5.96. The summed E-state index contributed by atoms with van der Waals surface area (Å²) in [5.74, 6) is -5.55. The standard InChI is InChI=1S/C21H21F5O5S/c1-13(2)19(28)30-9-5-3-4-6-10-32(29)17-12-18(27)31-16-8-7-14(11-15(16)17)20(22,23)21(24,25)26/h7-8,11-12H,1,3-6,9-10H2,2H3. The predicted molar refractivity (Wildman–Crippen MR) is 108 cm³/mol. The second-order valence-corrected chi connectivity index (χ2v) is 8.63. The lowest BCUT2D eigenvalue weighted by molar-refractivity contribution is -0.289. The fourth-order valence-electron chi connectivity index (χ4n) is 2.77. The molecule has 0 fully saturated rings. The Morgan fingerprint density at radius 3 is 2.38 bits per heavy atom. The Hall–Kier alpha value is -2.56. The maximum absolute atomic E-state index is 13.7. The lowest BCUT2D eigenvalue weighted by Gasteiger charge is -2.20. The molecule has 1 aromatic heterocycles. The van der Waals surface area contributed by atoms with E-state index in [1.165, 1.54) is 6.92 Å². The number of benzene rings is 1. The van der Waals surface area contributed by atoms with Crippen LogP contribution >= 0.6 is 0 Å². The summed E-state index contributed by atoms with van der Waals surface area (Å²) in [6, 6.07) is 2.74. The summed E-state index contributed by atoms with van der Waals surface area (Å²) in [7, 11) is -1.83. The van der Waals surface area contributed by atoms with E-state index >= 15 is 0 Å². The number of fused-ring (bicyclic) bond motifs is 1. The first-order valence-corrected chi connectivity index (χ1v) is 10.9. The molecule has 0 saturated heterocycles. The van der Waals surface area contributed by atoms with Crippen molar-refractivity contribution in [3.05, 3.63) is 52.4 Å². The molecule has 1 unspecified atom stereocenters. The number of hydrogen-bond acceptors (Lipinski definition) is 5. The van der Waals surface area contributed by atoms with Gasteiger partial charge in [-0.3, -0.25) is 4.21 Å². The number of alkyl halides is 5. The van der Waals surface area contributed by atoms with Gasteiger partial charge in [0.2, 0.25) is 0 Å². The SMILES string of the molecule is C=C(C)C(=O)OCCCCCCS(=O)c1cc(=O)oc2ccc(C(F)(F)C(F)(F)F)cc12. The number of rotatable bonds is 10. The highest BCUT2D eigenvalue weighted by Crippen LogP contribution is 2.44. The van der Waals surface area contributed by atoms with Gasteiger partial charge in [-0.25, -0.2) is 9.59 Å². The van der Waals surface area contributed by atoms with Crippen LogP contribution in [-0.2, 0) is 26.3 Å². The number of hydrogen-bond donors (Lipinski definition) is 0. The minimum atomic E-state index is -5.81. The van der Waals surface area contributed by atoms with Crippen molar-refractivity contribution >= 4 is 27.7 Å². The first kappa shape index (κ1) is 25.7. The summed E-state index contributed by atoms with van der Waals surface area (Å²) < 4.78 is 88.0. The largest absolute Gasteiger partial charge is 0.462 e. The molecule has 5 nitrogen and oxygen atoms in total. The molecule has 0 aliphatic carbocycles. The number of ether oxygens (including phenoxy) is 1. The quantitative estimate of drug-likeness (QED) is 0.153. The fraction of sp³-hybridized carbons (Fsp3) is 0.429. The monoisotopic (exact) mass is 480 g/mol. The average molecular weight is 480 g/mol. The van der Waals surface area contributed by atoms with Crippen LogP contribution in [0.4, 0.5) is 22.0 Å². The minimum absolute atomic E-state index is 0.0595. The summed E-state index contributed by atoms with van der Waals surface area (Å²) in [6.45, 7) is 5.19. The third kappa shape index (κ3) is 6.24. The van der Waals surface area contributed by atoms with Gasteiger partial charge in [0.1, 0.15) is 5.58 Å². The Morgan fingerprint density at radius 2 is 1.75 bits per heavy atom. The zero-order valence-corrected chi connectivity index (χ0v) is 17.9. The van der Waals surface area contributed by atoms with Crippen LogP contribution in [0.5, 0.6) is 0 Å². The summed E-state index contributed by atoms with van der Waals surface area (Å²) in [5.41, 5.74) is -2.18. The maximum Gasteiger partial charge on any atom is 0.458 e. The van der Waals surface area contributed by atoms with Crippen LogP contribution in [0.1, 0.15) is 38.2 Å². The molecule has 0 bridgehead atoms. The molecule has 11 heteroatoms. The molecule has 2 aromatic rings. The van der Waals surface area contributed by atoms with Gasteiger partial charge >= 0.3 is 23.7 Å². The maximum atomic E-state index is 13.7. The molecule has 176 valence electrons. The molecule has 1 atom stereocenters. The highest BCUT2D eigenvalue weighted by Gasteiger charge is 2.58. The van der Waals surface area contributed by atoms with E-state index < -0.39 is 40.1 Å². The van der Waals surface area contributed by atoms with Crippen molar-refractivity contribution in [2.45, 2.75) is 49.6 Å². The van der Waals surface area contributed by atoms with Gasteiger partial charge in [-0.15, -0.1) is 0 Å². The van der Waals surface area contributed by atoms with Crippen LogP contribution in [0, 0.1) is 0 Å². The highest BCUT2D eigenvalue weighted by atomic mass is 32.2. The number of esters is 1. The molecule has 0 saturated carbocycles. The third-order valence-electron chi connectivity index (χ3n) is 4.47. The van der Waals surface area contributed by atoms with E-state index in [1.54, 1.807) is 0 Å². The molecule has 2 rings (SSSR count). The summed E-state index contributed by atoms with van der Waals surface area (Å²) >= 11 is 0. The van der Waals surface area contributed by atoms with Gasteiger partial charge in [0.05, 0.1) is 22.3 Å². The van der Waals surface area contributed by atoms with Gasteiger partial charge in [-0.2, -0.15) is 22.0 Å². The van der Waals surface area contributed by atoms with Crippen LogP contribution in [-0.4, -0.2) is 28.7 Å². The van der Waals surface area contributed by atoms with Gasteiger partial charge in [0.15, 0.2) is 0 Å². The van der Waals surface area contributed by atoms with Gasteiger partial charge < -0.3 is 9.15 Å². The molecular formula is C21H21F5O5S. The lowest BCUT2D eigenvalue weighted by atomic mass is 10.1. The molecule has 0 amide bonds. The molecule has 0 N–H and O–H groups in total. The number of carbonyl (C=O) groups excluding carboxylic acids is 1. The second-order valence-electron chi connectivity index (χ2n) is 7.09. The normalized spacial score (nSPS) is 13.2. The van der Waals surface area contributed by atoms with Gasteiger partial charge in [0.25, 0.3) is 0 Å². The molecule has 32 heavy (non-hydrogen) atoms. The molecular weight excluding hydrogens is 459 g/mol. The molecule has 1 aromatic carbocycles. The molecule has 0 radical (unpaired) electrons. The fourth-order valence-corrected chi connectivity index (χ4v) is 4.09. The lowest BCUT2D eigenvalue weighted by Crippen LogP contribution is -2.33. The van der Waals surface area contributed by atoms with Gasteiger partial charge in [-0.1, -0.05) is 19.4 Å². The van der Waals surface area contributed by atoms with Crippen molar-refractivity contribution in [3.63, 3.8) is 0 Å². The summed E-state index contributed by atoms with van der Waals surface area (Å²) in [4.78, 5) is 22.8. The van der Waals surface area contributed by atoms with Crippen LogP contribution in [0.25, 0.3) is 11.0 Å². The minimum Gasteiger partial charge on any atom is -0.462 e. The van der Waals surface area contributed by atoms with E-state index in [0.717, 1.165) is 12.1 Å². The number of carbonyl (C=O) groups is 1. The zero-order chi connectivity index (χ0) is 24.1. The van der Waals surface area contributed by atoms with E-state index in [-0.39, 0.29) is 33.8 Å². The first-order chi connectivity index (χ1) is 14.8. The van der Waals surface area contributed by atoms with E-state index in [2.05, 4.69) is 6.58 Å². The molecule has 1 heterocycles. The Bertz CT molecular complexity index is 1070. The van der Waals surface area contributed by atoms with Crippen LogP contribution in [0.15, 0.2) is 50.5 Å². The van der Waals surface area contributed by atoms with Crippen LogP contribution in [0.3, 0.4) is 0 Å². The van der Waals surface area contributed by atoms with Crippen LogP contribution < -0.4 is 5.63 Å². The molecule has 0 spiro atoms. The number of unbranched alkanes of at least 4 members (excludes halogenated alkanes) is 3. The second kappa shape index (κ2) is 10.4. The van der Waals surface area contributed by atoms with Crippen molar-refractivity contribution in [3.8, 4) is 0 Å². The molecule has 0 aliphatic rings. The number of halogens is 5. The predicted octanol–water partition coefficient (Wildman–Crippen LogP) is 5.23. The van der Waals surface area contributed by atoms with Crippen molar-refractivity contribution in [1.82, 2.24) is 0 Å². The molecule has 0 aliphatic heterocycles. The van der Waals surface area contributed by atoms with Gasteiger partial charge in [0, 0.05) is 28.3 Å². The van der Waals surface area contributed by atoms with Crippen LogP contribution in [0.2, 0.25) is 0 Å². The summed E-state index contributed by atoms with van der Waals surface area (Å²) in [5, 5.41) is -0.240. The topological polar surface area (TPSA) is 73.6 Å². The highest BCUT2D eigenvalue weighted by molar-refractivity contribution is 7.85. The Labute approximate surface area is 182 Å². The van der Waals surface area contributed by atoms with E-state index in [9.17, 15) is 35.8 Å². The van der Waals surface area contributed by atoms with Crippen molar-refractivity contribution in [2.24, 2.45) is 0 Å². The van der Waals surface area contributed by atoms with E-state index in [1.807, 2.05) is 0 Å². The summed E-state index contributed by atoms with van der Waals surface area (Å²) in [6.07, 6.45) is -3.55. The van der Waals surface area contributed by atoms with Crippen molar-refractivity contribution in [2.75, 3.05) is 12.4 Å². The van der Waals surface area contributed by atoms with E-state index in [0.29, 0.717) is 37.8 Å². The van der Waals surface area contributed by atoms with Crippen molar-refractivity contribution in [1.29, 1.82) is 0 Å². The average Bonchev–Trinajstić information content (AvgIpc) is 2.70. The Kier molecular flexibility index (Phi) is 8.33. The smallest absolute Gasteiger partial charge is 0.458 e. The zero-order valence-electron chi connectivity index (χ0n) is 17.1. The van der Waals surface area contributed by atoms with Gasteiger partial charge in [-0.05, 0) is 38.0 Å². The Balaban J connectivity index is 2.08. The van der Waals surface area contributed by atoms with Crippen molar-refractivity contribution < 1.29 is 40.1 Å². The first-order valence-electron chi connectivity index (χ1n) is 9.58.